The summed E-state index contributed by atoms with van der Waals surface area (Å²) in [6.45, 7) is 5.08. The lowest BCUT2D eigenvalue weighted by Crippen LogP contribution is -2.34. The Morgan fingerprint density at radius 2 is 1.86 bits per heavy atom. The molecule has 0 saturated heterocycles. The van der Waals surface area contributed by atoms with Gasteiger partial charge in [0.1, 0.15) is 0 Å². The van der Waals surface area contributed by atoms with Crippen molar-refractivity contribution in [2.45, 2.75) is 26.0 Å². The lowest BCUT2D eigenvalue weighted by Gasteiger charge is -2.27. The highest BCUT2D eigenvalue weighted by atomic mass is 16.3. The lowest BCUT2D eigenvalue weighted by molar-refractivity contribution is 0.0755. The summed E-state index contributed by atoms with van der Waals surface area (Å²) in [5, 5.41) is 10.0. The number of hydrogen-bond donors (Lipinski definition) is 1. The molecule has 78 valence electrons. The fraction of sp³-hybridized carbons (Fsp3) is 0.500. The van der Waals surface area contributed by atoms with Gasteiger partial charge < -0.3 is 10.0 Å². The summed E-state index contributed by atoms with van der Waals surface area (Å²) in [4.78, 5) is 2.14. The third kappa shape index (κ3) is 2.56. The average Bonchev–Trinajstić information content (AvgIpc) is 2.27. The first-order valence-corrected chi connectivity index (χ1v) is 5.10. The molecule has 0 unspecified atom stereocenters. The van der Waals surface area contributed by atoms with Gasteiger partial charge in [-0.25, -0.2) is 0 Å². The van der Waals surface area contributed by atoms with E-state index in [-0.39, 0.29) is 6.04 Å². The van der Waals surface area contributed by atoms with Gasteiger partial charge in [0.25, 0.3) is 0 Å². The highest BCUT2D eigenvalue weighted by molar-refractivity contribution is 5.18. The van der Waals surface area contributed by atoms with Crippen molar-refractivity contribution >= 4 is 0 Å². The molecule has 0 aromatic heterocycles. The van der Waals surface area contributed by atoms with Crippen LogP contribution in [0.2, 0.25) is 0 Å². The summed E-state index contributed by atoms with van der Waals surface area (Å²) in [7, 11) is 2.02. The monoisotopic (exact) mass is 193 g/mol. The maximum Gasteiger partial charge on any atom is 0.0942 e. The maximum absolute atomic E-state index is 10.0. The van der Waals surface area contributed by atoms with Crippen molar-refractivity contribution in [1.29, 1.82) is 0 Å². The predicted octanol–water partition coefficient (Wildman–Crippen LogP) is 2.06. The minimum atomic E-state index is -0.402. The van der Waals surface area contributed by atoms with Crippen LogP contribution >= 0.6 is 0 Å². The van der Waals surface area contributed by atoms with Crippen molar-refractivity contribution in [1.82, 2.24) is 4.90 Å². The number of hydrogen-bond acceptors (Lipinski definition) is 2. The van der Waals surface area contributed by atoms with Crippen molar-refractivity contribution in [3.05, 3.63) is 35.9 Å². The molecule has 0 aliphatic carbocycles. The molecule has 0 spiro atoms. The van der Waals surface area contributed by atoms with Gasteiger partial charge >= 0.3 is 0 Å². The molecule has 0 bridgehead atoms. The van der Waals surface area contributed by atoms with Crippen LogP contribution in [0.25, 0.3) is 0 Å². The van der Waals surface area contributed by atoms with Crippen LogP contribution in [-0.2, 0) is 0 Å². The molecular formula is C12H19NO. The molecule has 0 fully saturated rings. The SMILES string of the molecule is CCN(C)[C@H](C)[C@H](O)c1ccccc1. The van der Waals surface area contributed by atoms with Crippen LogP contribution in [0.4, 0.5) is 0 Å². The highest BCUT2D eigenvalue weighted by Gasteiger charge is 2.18. The fourth-order valence-electron chi connectivity index (χ4n) is 1.46. The van der Waals surface area contributed by atoms with Crippen LogP contribution in [0.1, 0.15) is 25.5 Å². The smallest absolute Gasteiger partial charge is 0.0942 e. The summed E-state index contributed by atoms with van der Waals surface area (Å²) in [6.07, 6.45) is -0.402. The third-order valence-corrected chi connectivity index (χ3v) is 2.79. The highest BCUT2D eigenvalue weighted by Crippen LogP contribution is 2.19. The molecule has 14 heavy (non-hydrogen) atoms. The topological polar surface area (TPSA) is 23.5 Å². The second kappa shape index (κ2) is 5.13. The van der Waals surface area contributed by atoms with Crippen LogP contribution in [0.3, 0.4) is 0 Å². The van der Waals surface area contributed by atoms with E-state index in [1.54, 1.807) is 0 Å². The van der Waals surface area contributed by atoms with E-state index in [1.165, 1.54) is 0 Å². The van der Waals surface area contributed by atoms with Gasteiger partial charge in [-0.2, -0.15) is 0 Å². The number of benzene rings is 1. The molecule has 1 aromatic carbocycles. The molecule has 0 radical (unpaired) electrons. The Labute approximate surface area is 86.2 Å². The summed E-state index contributed by atoms with van der Waals surface area (Å²) in [5.41, 5.74) is 0.986. The van der Waals surface area contributed by atoms with Crippen molar-refractivity contribution in [3.63, 3.8) is 0 Å². The molecule has 1 N–H and O–H groups in total. The Morgan fingerprint density at radius 3 is 2.36 bits per heavy atom. The summed E-state index contributed by atoms with van der Waals surface area (Å²) in [6, 6.07) is 9.95. The molecule has 2 atom stereocenters. The Hall–Kier alpha value is -0.860. The maximum atomic E-state index is 10.0. The van der Waals surface area contributed by atoms with Crippen molar-refractivity contribution in [2.75, 3.05) is 13.6 Å². The molecule has 0 heterocycles. The summed E-state index contributed by atoms with van der Waals surface area (Å²) >= 11 is 0. The Bertz CT molecular complexity index is 260. The van der Waals surface area contributed by atoms with Gasteiger partial charge in [-0.3, -0.25) is 0 Å². The molecule has 0 saturated carbocycles. The lowest BCUT2D eigenvalue weighted by atomic mass is 10.0. The summed E-state index contributed by atoms with van der Waals surface area (Å²) < 4.78 is 0. The van der Waals surface area contributed by atoms with Crippen molar-refractivity contribution < 1.29 is 5.11 Å². The van der Waals surface area contributed by atoms with Crippen molar-refractivity contribution in [3.8, 4) is 0 Å². The first-order chi connectivity index (χ1) is 6.66. The largest absolute Gasteiger partial charge is 0.387 e. The van der Waals surface area contributed by atoms with E-state index in [0.717, 1.165) is 12.1 Å². The van der Waals surface area contributed by atoms with Crippen LogP contribution in [0.15, 0.2) is 30.3 Å². The summed E-state index contributed by atoms with van der Waals surface area (Å²) in [5.74, 6) is 0. The second-order valence-corrected chi connectivity index (χ2v) is 3.67. The minimum absolute atomic E-state index is 0.155. The van der Waals surface area contributed by atoms with E-state index in [9.17, 15) is 5.11 Å². The van der Waals surface area contributed by atoms with Crippen LogP contribution in [0.5, 0.6) is 0 Å². The molecule has 0 aliphatic rings. The number of aliphatic hydroxyl groups is 1. The van der Waals surface area contributed by atoms with Crippen LogP contribution < -0.4 is 0 Å². The van der Waals surface area contributed by atoms with E-state index in [1.807, 2.05) is 44.3 Å². The predicted molar refractivity (Wildman–Crippen MR) is 59.2 cm³/mol. The molecular weight excluding hydrogens is 174 g/mol. The zero-order valence-electron chi connectivity index (χ0n) is 9.14. The van der Waals surface area contributed by atoms with Gasteiger partial charge in [0.15, 0.2) is 0 Å². The van der Waals surface area contributed by atoms with Gasteiger partial charge in [-0.05, 0) is 26.1 Å². The first-order valence-electron chi connectivity index (χ1n) is 5.10. The second-order valence-electron chi connectivity index (χ2n) is 3.67. The zero-order valence-corrected chi connectivity index (χ0v) is 9.14. The van der Waals surface area contributed by atoms with E-state index < -0.39 is 6.10 Å². The van der Waals surface area contributed by atoms with Gasteiger partial charge in [0, 0.05) is 6.04 Å². The standard InChI is InChI=1S/C12H19NO/c1-4-13(3)10(2)12(14)11-8-6-5-7-9-11/h5-10,12,14H,4H2,1-3H3/t10-,12+/m1/s1. The van der Waals surface area contributed by atoms with Crippen LogP contribution in [0, 0.1) is 0 Å². The Morgan fingerprint density at radius 1 is 1.29 bits per heavy atom. The average molecular weight is 193 g/mol. The number of aliphatic hydroxyl groups excluding tert-OH is 1. The van der Waals surface area contributed by atoms with E-state index in [2.05, 4.69) is 11.8 Å². The molecule has 0 aliphatic heterocycles. The third-order valence-electron chi connectivity index (χ3n) is 2.79. The zero-order chi connectivity index (χ0) is 10.6. The molecule has 2 heteroatoms. The normalized spacial score (nSPS) is 15.5. The van der Waals surface area contributed by atoms with Gasteiger partial charge in [0.2, 0.25) is 0 Å². The van der Waals surface area contributed by atoms with Crippen LogP contribution in [-0.4, -0.2) is 29.6 Å². The minimum Gasteiger partial charge on any atom is -0.387 e. The number of rotatable bonds is 4. The van der Waals surface area contributed by atoms with Gasteiger partial charge in [-0.15, -0.1) is 0 Å². The fourth-order valence-corrected chi connectivity index (χ4v) is 1.46. The number of nitrogens with zero attached hydrogens (tertiary/aromatic N) is 1. The van der Waals surface area contributed by atoms with Crippen molar-refractivity contribution in [2.24, 2.45) is 0 Å². The molecule has 1 aromatic rings. The quantitative estimate of drug-likeness (QED) is 0.791. The van der Waals surface area contributed by atoms with E-state index in [0.29, 0.717) is 0 Å². The number of likely N-dealkylation sites (N-methyl/N-ethyl adjacent to an activating group) is 1. The first kappa shape index (κ1) is 11.2. The molecule has 2 nitrogen and oxygen atoms in total. The Kier molecular flexibility index (Phi) is 4.11. The molecule has 0 amide bonds. The van der Waals surface area contributed by atoms with Gasteiger partial charge in [0.05, 0.1) is 6.10 Å². The van der Waals surface area contributed by atoms with Gasteiger partial charge in [-0.1, -0.05) is 37.3 Å². The van der Waals surface area contributed by atoms with E-state index in [4.69, 9.17) is 0 Å². The Balaban J connectivity index is 2.70. The van der Waals surface area contributed by atoms with E-state index >= 15 is 0 Å². The molecule has 1 rings (SSSR count).